The van der Waals surface area contributed by atoms with Crippen LogP contribution in [-0.2, 0) is 34.8 Å². The van der Waals surface area contributed by atoms with E-state index in [1.165, 1.54) is 0 Å². The van der Waals surface area contributed by atoms with Crippen LogP contribution in [0.25, 0.3) is 0 Å². The molecule has 2 aromatic carbocycles. The van der Waals surface area contributed by atoms with Gasteiger partial charge >= 0.3 is 21.7 Å². The molecular formula is C32H52N2O4Ti. The minimum absolute atomic E-state index is 0. The normalized spacial score (nSPS) is 10.5. The molecule has 0 fully saturated rings. The fourth-order valence-electron chi connectivity index (χ4n) is 4.07. The second-order valence-electron chi connectivity index (χ2n) is 9.99. The van der Waals surface area contributed by atoms with Gasteiger partial charge in [0.25, 0.3) is 0 Å². The Hall–Kier alpha value is -1.41. The third kappa shape index (κ3) is 16.5. The van der Waals surface area contributed by atoms with Gasteiger partial charge in [-0.05, 0) is 51.9 Å². The summed E-state index contributed by atoms with van der Waals surface area (Å²) in [6.07, 6.45) is 3.73. The maximum absolute atomic E-state index is 12.4. The molecule has 2 aromatic rings. The number of likely N-dealkylation sites (N-methyl/N-ethyl adjacent to an activating group) is 2. The van der Waals surface area contributed by atoms with Crippen LogP contribution in [0.5, 0.6) is 11.5 Å². The van der Waals surface area contributed by atoms with Crippen molar-refractivity contribution in [2.75, 3.05) is 39.4 Å². The van der Waals surface area contributed by atoms with Gasteiger partial charge in [-0.2, -0.15) is 0 Å². The van der Waals surface area contributed by atoms with Crippen molar-refractivity contribution in [1.29, 1.82) is 0 Å². The molecule has 0 amide bonds. The standard InChI is InChI=1S/C24H36N2O2.2C4H9O.Ti/c1-7-25(15-21-13-17(3)11-19(5)23(21)27)9-10-26(8-2)16-22-14-18(4)12-20(6)24(22)28;2*1-2-3-4-5;/h11-14,27-28H,7-10,15-16H2,1-6H3;2*2-4H2,1H3;/q;2*-1;+4/p-2. The molecule has 0 aromatic heterocycles. The fraction of sp³-hybridized carbons (Fsp3) is 0.625. The van der Waals surface area contributed by atoms with E-state index in [9.17, 15) is 20.4 Å². The van der Waals surface area contributed by atoms with Crippen molar-refractivity contribution < 1.29 is 42.1 Å². The topological polar surface area (TPSA) is 98.7 Å². The predicted molar refractivity (Wildman–Crippen MR) is 152 cm³/mol. The number of benzene rings is 2. The van der Waals surface area contributed by atoms with Crippen LogP contribution in [-0.4, -0.2) is 49.2 Å². The number of unbranched alkanes of at least 4 members (excludes halogenated alkanes) is 2. The average Bonchev–Trinajstić information content (AvgIpc) is 2.88. The summed E-state index contributed by atoms with van der Waals surface area (Å²) in [4.78, 5) is 4.61. The van der Waals surface area contributed by atoms with E-state index in [0.717, 1.165) is 85.2 Å². The molecule has 0 aliphatic carbocycles. The Labute approximate surface area is 254 Å². The van der Waals surface area contributed by atoms with Crippen molar-refractivity contribution in [1.82, 2.24) is 9.80 Å². The van der Waals surface area contributed by atoms with E-state index in [4.69, 9.17) is 0 Å². The predicted octanol–water partition coefficient (Wildman–Crippen LogP) is 3.70. The summed E-state index contributed by atoms with van der Waals surface area (Å²) in [6, 6.07) is 7.92. The Morgan fingerprint density at radius 1 is 0.590 bits per heavy atom. The molecule has 0 aliphatic rings. The van der Waals surface area contributed by atoms with E-state index in [1.54, 1.807) is 0 Å². The molecule has 6 nitrogen and oxygen atoms in total. The second kappa shape index (κ2) is 23.3. The largest absolute Gasteiger partial charge is 4.00 e. The molecule has 0 N–H and O–H groups in total. The minimum Gasteiger partial charge on any atom is -0.872 e. The van der Waals surface area contributed by atoms with Crippen LogP contribution >= 0.6 is 0 Å². The van der Waals surface area contributed by atoms with Crippen molar-refractivity contribution in [3.05, 3.63) is 57.6 Å². The van der Waals surface area contributed by atoms with E-state index in [1.807, 2.05) is 65.8 Å². The molecule has 0 atom stereocenters. The molecule has 0 heterocycles. The van der Waals surface area contributed by atoms with E-state index in [2.05, 4.69) is 23.6 Å². The third-order valence-electron chi connectivity index (χ3n) is 6.40. The van der Waals surface area contributed by atoms with Crippen LogP contribution in [0, 0.1) is 27.7 Å². The van der Waals surface area contributed by atoms with Crippen LogP contribution in [0.3, 0.4) is 0 Å². The average molecular weight is 577 g/mol. The fourth-order valence-corrected chi connectivity index (χ4v) is 4.07. The van der Waals surface area contributed by atoms with Crippen molar-refractivity contribution in [3.63, 3.8) is 0 Å². The summed E-state index contributed by atoms with van der Waals surface area (Å²) < 4.78 is 0. The minimum atomic E-state index is 0. The van der Waals surface area contributed by atoms with Crippen molar-refractivity contribution in [2.45, 2.75) is 94.2 Å². The Kier molecular flexibility index (Phi) is 23.8. The van der Waals surface area contributed by atoms with Gasteiger partial charge < -0.3 is 20.4 Å². The maximum atomic E-state index is 12.4. The first-order valence-corrected chi connectivity index (χ1v) is 14.2. The van der Waals surface area contributed by atoms with Crippen molar-refractivity contribution in [3.8, 4) is 11.5 Å². The Bertz CT molecular complexity index is 831. The number of hydrogen-bond donors (Lipinski definition) is 0. The quantitative estimate of drug-likeness (QED) is 0.338. The monoisotopic (exact) mass is 576 g/mol. The molecule has 0 saturated carbocycles. The molecule has 2 rings (SSSR count). The number of nitrogens with zero attached hydrogens (tertiary/aromatic N) is 2. The first kappa shape index (κ1) is 39.7. The molecule has 0 aliphatic heterocycles. The van der Waals surface area contributed by atoms with Gasteiger partial charge in [0.15, 0.2) is 0 Å². The Morgan fingerprint density at radius 2 is 0.923 bits per heavy atom. The molecule has 218 valence electrons. The van der Waals surface area contributed by atoms with E-state index < -0.39 is 0 Å². The van der Waals surface area contributed by atoms with Gasteiger partial charge in [-0.3, -0.25) is 9.80 Å². The van der Waals surface area contributed by atoms with Gasteiger partial charge in [-0.25, -0.2) is 0 Å². The van der Waals surface area contributed by atoms with Gasteiger partial charge in [-0.15, -0.1) is 24.7 Å². The molecular weight excluding hydrogens is 524 g/mol. The molecule has 0 bridgehead atoms. The van der Waals surface area contributed by atoms with Crippen molar-refractivity contribution >= 4 is 0 Å². The summed E-state index contributed by atoms with van der Waals surface area (Å²) >= 11 is 0. The van der Waals surface area contributed by atoms with Crippen LogP contribution in [0.2, 0.25) is 0 Å². The summed E-state index contributed by atoms with van der Waals surface area (Å²) in [5, 5.41) is 43.9. The summed E-state index contributed by atoms with van der Waals surface area (Å²) in [5.74, 6) is 0.310. The smallest absolute Gasteiger partial charge is 0.872 e. The van der Waals surface area contributed by atoms with Crippen LogP contribution in [0.4, 0.5) is 0 Å². The van der Waals surface area contributed by atoms with Crippen LogP contribution < -0.4 is 20.4 Å². The molecule has 7 heteroatoms. The molecule has 0 unspecified atom stereocenters. The summed E-state index contributed by atoms with van der Waals surface area (Å²) in [7, 11) is 0. The van der Waals surface area contributed by atoms with Gasteiger partial charge in [-0.1, -0.05) is 99.9 Å². The van der Waals surface area contributed by atoms with Crippen molar-refractivity contribution in [2.24, 2.45) is 0 Å². The zero-order chi connectivity index (χ0) is 29.1. The number of aryl methyl sites for hydroxylation is 4. The maximum Gasteiger partial charge on any atom is 4.00 e. The Balaban J connectivity index is 0. The van der Waals surface area contributed by atoms with E-state index in [-0.39, 0.29) is 46.4 Å². The van der Waals surface area contributed by atoms with Gasteiger partial charge in [0.2, 0.25) is 0 Å². The van der Waals surface area contributed by atoms with Crippen LogP contribution in [0.1, 0.15) is 86.8 Å². The second-order valence-corrected chi connectivity index (χ2v) is 9.99. The Morgan fingerprint density at radius 3 is 1.15 bits per heavy atom. The zero-order valence-electron chi connectivity index (χ0n) is 25.8. The summed E-state index contributed by atoms with van der Waals surface area (Å²) in [6.45, 7) is 21.2. The van der Waals surface area contributed by atoms with Gasteiger partial charge in [0.1, 0.15) is 0 Å². The summed E-state index contributed by atoms with van der Waals surface area (Å²) in [5.41, 5.74) is 5.66. The van der Waals surface area contributed by atoms with Crippen LogP contribution in [0.15, 0.2) is 24.3 Å². The first-order chi connectivity index (χ1) is 18.1. The van der Waals surface area contributed by atoms with Gasteiger partial charge in [0.05, 0.1) is 0 Å². The number of rotatable bonds is 13. The molecule has 0 spiro atoms. The molecule has 0 radical (unpaired) electrons. The zero-order valence-corrected chi connectivity index (χ0v) is 27.4. The van der Waals surface area contributed by atoms with E-state index in [0.29, 0.717) is 13.1 Å². The SMILES string of the molecule is CCCC[O-].CCCC[O-].CCN(CCN(CC)Cc1cc(C)cc(C)c1[O-])Cc1cc(C)cc(C)c1[O-].[Ti+4]. The molecule has 39 heavy (non-hydrogen) atoms. The van der Waals surface area contributed by atoms with E-state index >= 15 is 0 Å². The van der Waals surface area contributed by atoms with Gasteiger partial charge in [0, 0.05) is 26.2 Å². The number of hydrogen-bond acceptors (Lipinski definition) is 6. The third-order valence-corrected chi connectivity index (χ3v) is 6.40. The molecule has 0 saturated heterocycles. The first-order valence-electron chi connectivity index (χ1n) is 14.2.